The van der Waals surface area contributed by atoms with Gasteiger partial charge in [0.25, 0.3) is 0 Å². The molecule has 0 unspecified atom stereocenters. The van der Waals surface area contributed by atoms with Gasteiger partial charge >= 0.3 is 5.97 Å². The zero-order valence-corrected chi connectivity index (χ0v) is 10.8. The fraction of sp³-hybridized carbons (Fsp3) is 0.214. The van der Waals surface area contributed by atoms with Crippen LogP contribution >= 0.6 is 0 Å². The van der Waals surface area contributed by atoms with E-state index in [2.05, 4.69) is 15.9 Å². The minimum atomic E-state index is -0.894. The Morgan fingerprint density at radius 3 is 3.00 bits per heavy atom. The summed E-state index contributed by atoms with van der Waals surface area (Å²) in [5, 5.41) is 0. The Morgan fingerprint density at radius 2 is 2.35 bits per heavy atom. The van der Waals surface area contributed by atoms with Gasteiger partial charge in [0.2, 0.25) is 5.95 Å². The molecule has 0 saturated carbocycles. The minimum Gasteiger partial charge on any atom is -0.448 e. The van der Waals surface area contributed by atoms with Crippen LogP contribution in [0.2, 0.25) is 0 Å². The first kappa shape index (κ1) is 13.7. The molecule has 2 aromatic heterocycles. The lowest BCUT2D eigenvalue weighted by Crippen LogP contribution is -2.17. The van der Waals surface area contributed by atoms with Crippen molar-refractivity contribution in [2.24, 2.45) is 0 Å². The minimum absolute atomic E-state index is 0.221. The van der Waals surface area contributed by atoms with Crippen LogP contribution in [0.15, 0.2) is 30.7 Å². The van der Waals surface area contributed by atoms with E-state index < -0.39 is 11.9 Å². The third-order valence-corrected chi connectivity index (χ3v) is 2.76. The molecule has 2 heterocycles. The Kier molecular flexibility index (Phi) is 4.11. The molecule has 5 nitrogen and oxygen atoms in total. The SMILES string of the molecule is C#CCOC(=O)c1c(F)ncn1[C@H](C)c1ccccn1. The smallest absolute Gasteiger partial charge is 0.360 e. The summed E-state index contributed by atoms with van der Waals surface area (Å²) in [5.74, 6) is 0.413. The number of carbonyl (C=O) groups is 1. The van der Waals surface area contributed by atoms with E-state index >= 15 is 0 Å². The van der Waals surface area contributed by atoms with Crippen molar-refractivity contribution in [3.63, 3.8) is 0 Å². The van der Waals surface area contributed by atoms with E-state index in [4.69, 9.17) is 11.2 Å². The maximum absolute atomic E-state index is 13.7. The Morgan fingerprint density at radius 1 is 1.55 bits per heavy atom. The summed E-state index contributed by atoms with van der Waals surface area (Å²) in [4.78, 5) is 19.5. The van der Waals surface area contributed by atoms with Crippen LogP contribution in [0.4, 0.5) is 4.39 Å². The summed E-state index contributed by atoms with van der Waals surface area (Å²) in [6.45, 7) is 1.56. The van der Waals surface area contributed by atoms with Crippen LogP contribution in [0.5, 0.6) is 0 Å². The van der Waals surface area contributed by atoms with Gasteiger partial charge in [0, 0.05) is 6.20 Å². The van der Waals surface area contributed by atoms with Crippen molar-refractivity contribution in [2.45, 2.75) is 13.0 Å². The summed E-state index contributed by atoms with van der Waals surface area (Å²) in [7, 11) is 0. The topological polar surface area (TPSA) is 57.0 Å². The largest absolute Gasteiger partial charge is 0.448 e. The second-order valence-corrected chi connectivity index (χ2v) is 4.00. The molecule has 102 valence electrons. The number of pyridine rings is 1. The first-order valence-electron chi connectivity index (χ1n) is 5.89. The molecular weight excluding hydrogens is 261 g/mol. The van der Waals surface area contributed by atoms with Crippen LogP contribution in [-0.2, 0) is 4.74 Å². The van der Waals surface area contributed by atoms with E-state index in [-0.39, 0.29) is 18.3 Å². The van der Waals surface area contributed by atoms with Crippen molar-refractivity contribution in [3.8, 4) is 12.3 Å². The third kappa shape index (κ3) is 2.67. The molecule has 2 rings (SSSR count). The van der Waals surface area contributed by atoms with Gasteiger partial charge in [-0.2, -0.15) is 4.39 Å². The Labute approximate surface area is 115 Å². The summed E-state index contributed by atoms with van der Waals surface area (Å²) >= 11 is 0. The summed E-state index contributed by atoms with van der Waals surface area (Å²) < 4.78 is 19.8. The maximum Gasteiger partial charge on any atom is 0.360 e. The Bertz CT molecular complexity index is 646. The van der Waals surface area contributed by atoms with E-state index in [1.165, 1.54) is 10.9 Å². The molecule has 0 bridgehead atoms. The molecule has 0 aliphatic carbocycles. The fourth-order valence-corrected chi connectivity index (χ4v) is 1.76. The van der Waals surface area contributed by atoms with E-state index in [0.717, 1.165) is 0 Å². The highest BCUT2D eigenvalue weighted by Crippen LogP contribution is 2.19. The van der Waals surface area contributed by atoms with Gasteiger partial charge in [-0.15, -0.1) is 6.42 Å². The molecule has 0 amide bonds. The van der Waals surface area contributed by atoms with Gasteiger partial charge < -0.3 is 9.30 Å². The summed E-state index contributed by atoms with van der Waals surface area (Å²) in [6.07, 6.45) is 7.86. The van der Waals surface area contributed by atoms with Crippen molar-refractivity contribution >= 4 is 5.97 Å². The van der Waals surface area contributed by atoms with E-state index in [0.29, 0.717) is 5.69 Å². The average Bonchev–Trinajstić information content (AvgIpc) is 2.86. The molecule has 0 radical (unpaired) electrons. The van der Waals surface area contributed by atoms with Crippen LogP contribution in [-0.4, -0.2) is 27.1 Å². The molecule has 0 fully saturated rings. The zero-order chi connectivity index (χ0) is 14.5. The predicted octanol–water partition coefficient (Wildman–Crippen LogP) is 1.82. The quantitative estimate of drug-likeness (QED) is 0.630. The van der Waals surface area contributed by atoms with Crippen LogP contribution in [0.25, 0.3) is 0 Å². The van der Waals surface area contributed by atoms with Gasteiger partial charge in [-0.05, 0) is 19.1 Å². The second-order valence-electron chi connectivity index (χ2n) is 4.00. The molecule has 20 heavy (non-hydrogen) atoms. The molecule has 1 atom stereocenters. The fourth-order valence-electron chi connectivity index (χ4n) is 1.76. The highest BCUT2D eigenvalue weighted by Gasteiger charge is 2.24. The van der Waals surface area contributed by atoms with Gasteiger partial charge in [-0.1, -0.05) is 12.0 Å². The lowest BCUT2D eigenvalue weighted by molar-refractivity contribution is 0.0537. The first-order valence-corrected chi connectivity index (χ1v) is 5.89. The molecule has 0 aliphatic heterocycles. The first-order chi connectivity index (χ1) is 9.65. The molecule has 6 heteroatoms. The number of imidazole rings is 1. The summed E-state index contributed by atoms with van der Waals surface area (Å²) in [6, 6.07) is 5.00. The van der Waals surface area contributed by atoms with Gasteiger partial charge in [-0.3, -0.25) is 4.98 Å². The number of halogens is 1. The number of terminal acetylenes is 1. The molecule has 0 N–H and O–H groups in total. The Hall–Kier alpha value is -2.68. The van der Waals surface area contributed by atoms with E-state index in [1.54, 1.807) is 25.3 Å². The van der Waals surface area contributed by atoms with Gasteiger partial charge in [0.05, 0.1) is 18.1 Å². The summed E-state index contributed by atoms with van der Waals surface area (Å²) in [5.41, 5.74) is 0.411. The number of ether oxygens (including phenoxy) is 1. The molecule has 0 spiro atoms. The Balaban J connectivity index is 2.34. The maximum atomic E-state index is 13.7. The number of carbonyl (C=O) groups excluding carboxylic acids is 1. The molecule has 0 saturated heterocycles. The van der Waals surface area contributed by atoms with Gasteiger partial charge in [0.15, 0.2) is 12.3 Å². The average molecular weight is 273 g/mol. The lowest BCUT2D eigenvalue weighted by Gasteiger charge is -2.14. The second kappa shape index (κ2) is 5.97. The standard InChI is InChI=1S/C14H12FN3O2/c1-3-8-20-14(19)12-13(15)17-9-18(12)10(2)11-6-4-5-7-16-11/h1,4-7,9-10H,8H2,2H3/t10-/m1/s1. The number of aromatic nitrogens is 3. The van der Waals surface area contributed by atoms with Crippen molar-refractivity contribution in [1.82, 2.24) is 14.5 Å². The molecule has 0 aliphatic rings. The zero-order valence-electron chi connectivity index (χ0n) is 10.8. The number of rotatable bonds is 4. The number of esters is 1. The number of hydrogen-bond acceptors (Lipinski definition) is 4. The van der Waals surface area contributed by atoms with Crippen LogP contribution in [0, 0.1) is 18.3 Å². The normalized spacial score (nSPS) is 11.7. The van der Waals surface area contributed by atoms with E-state index in [1.807, 2.05) is 6.07 Å². The third-order valence-electron chi connectivity index (χ3n) is 2.76. The molecule has 2 aromatic rings. The van der Waals surface area contributed by atoms with Crippen molar-refractivity contribution < 1.29 is 13.9 Å². The van der Waals surface area contributed by atoms with Crippen molar-refractivity contribution in [1.29, 1.82) is 0 Å². The molecular formula is C14H12FN3O2. The highest BCUT2D eigenvalue weighted by molar-refractivity contribution is 5.87. The van der Waals surface area contributed by atoms with Crippen LogP contribution < -0.4 is 0 Å². The monoisotopic (exact) mass is 273 g/mol. The predicted molar refractivity (Wildman–Crippen MR) is 69.4 cm³/mol. The number of hydrogen-bond donors (Lipinski definition) is 0. The van der Waals surface area contributed by atoms with Gasteiger partial charge in [-0.25, -0.2) is 9.78 Å². The highest BCUT2D eigenvalue weighted by atomic mass is 19.1. The van der Waals surface area contributed by atoms with E-state index in [9.17, 15) is 9.18 Å². The van der Waals surface area contributed by atoms with Crippen LogP contribution in [0.1, 0.15) is 29.1 Å². The van der Waals surface area contributed by atoms with Gasteiger partial charge in [0.1, 0.15) is 0 Å². The lowest BCUT2D eigenvalue weighted by atomic mass is 10.2. The van der Waals surface area contributed by atoms with Crippen molar-refractivity contribution in [2.75, 3.05) is 6.61 Å². The number of nitrogens with zero attached hydrogens (tertiary/aromatic N) is 3. The van der Waals surface area contributed by atoms with Crippen molar-refractivity contribution in [3.05, 3.63) is 48.1 Å². The van der Waals surface area contributed by atoms with Crippen LogP contribution in [0.3, 0.4) is 0 Å². The molecule has 0 aromatic carbocycles.